The average molecular weight is 154 g/mol. The van der Waals surface area contributed by atoms with Crippen LogP contribution in [0.4, 0.5) is 0 Å². The van der Waals surface area contributed by atoms with E-state index >= 15 is 0 Å². The van der Waals surface area contributed by atoms with Crippen molar-refractivity contribution >= 4 is 0 Å². The topological polar surface area (TPSA) is 47.3 Å². The Bertz CT molecular complexity index is 177. The van der Waals surface area contributed by atoms with E-state index in [2.05, 4.69) is 24.8 Å². The number of aliphatic hydroxyl groups is 1. The molecule has 0 unspecified atom stereocenters. The van der Waals surface area contributed by atoms with Crippen LogP contribution in [0.1, 0.15) is 13.8 Å². The zero-order valence-corrected chi connectivity index (χ0v) is 7.04. The van der Waals surface area contributed by atoms with Gasteiger partial charge in [-0.1, -0.05) is 0 Å². The zero-order chi connectivity index (χ0) is 8.48. The third-order valence-electron chi connectivity index (χ3n) is 2.28. The van der Waals surface area contributed by atoms with E-state index in [0.717, 1.165) is 13.1 Å². The zero-order valence-electron chi connectivity index (χ0n) is 7.04. The van der Waals surface area contributed by atoms with Crippen LogP contribution in [0.2, 0.25) is 0 Å². The summed E-state index contributed by atoms with van der Waals surface area (Å²) in [6.07, 6.45) is 0. The van der Waals surface area contributed by atoms with Crippen molar-refractivity contribution in [3.63, 3.8) is 0 Å². The molecule has 11 heavy (non-hydrogen) atoms. The van der Waals surface area contributed by atoms with Gasteiger partial charge in [-0.3, -0.25) is 4.90 Å². The van der Waals surface area contributed by atoms with E-state index in [1.807, 2.05) is 0 Å². The van der Waals surface area contributed by atoms with Gasteiger partial charge in [-0.25, -0.2) is 0 Å². The summed E-state index contributed by atoms with van der Waals surface area (Å²) in [5.74, 6) is 0. The van der Waals surface area contributed by atoms with E-state index in [4.69, 9.17) is 10.4 Å². The first-order chi connectivity index (χ1) is 5.13. The van der Waals surface area contributed by atoms with E-state index in [9.17, 15) is 0 Å². The molecule has 0 aromatic heterocycles. The fourth-order valence-corrected chi connectivity index (χ4v) is 1.30. The van der Waals surface area contributed by atoms with E-state index in [0.29, 0.717) is 6.04 Å². The van der Waals surface area contributed by atoms with Gasteiger partial charge in [0.15, 0.2) is 0 Å². The fourth-order valence-electron chi connectivity index (χ4n) is 1.30. The minimum atomic E-state index is -0.454. The van der Waals surface area contributed by atoms with Crippen molar-refractivity contribution in [2.75, 3.05) is 19.7 Å². The van der Waals surface area contributed by atoms with Gasteiger partial charge in [0.05, 0.1) is 12.7 Å². The van der Waals surface area contributed by atoms with Gasteiger partial charge in [-0.05, 0) is 13.8 Å². The van der Waals surface area contributed by atoms with E-state index in [-0.39, 0.29) is 6.61 Å². The van der Waals surface area contributed by atoms with Crippen LogP contribution in [0, 0.1) is 16.7 Å². The van der Waals surface area contributed by atoms with Gasteiger partial charge in [-0.15, -0.1) is 0 Å². The summed E-state index contributed by atoms with van der Waals surface area (Å²) >= 11 is 0. The maximum absolute atomic E-state index is 8.89. The van der Waals surface area contributed by atoms with Crippen molar-refractivity contribution in [2.45, 2.75) is 19.9 Å². The fraction of sp³-hybridized carbons (Fsp3) is 0.875. The molecule has 0 radical (unpaired) electrons. The van der Waals surface area contributed by atoms with Gasteiger partial charge >= 0.3 is 0 Å². The van der Waals surface area contributed by atoms with Crippen LogP contribution in [-0.4, -0.2) is 35.7 Å². The van der Waals surface area contributed by atoms with Gasteiger partial charge in [0.25, 0.3) is 0 Å². The van der Waals surface area contributed by atoms with Gasteiger partial charge < -0.3 is 5.11 Å². The molecule has 62 valence electrons. The van der Waals surface area contributed by atoms with Gasteiger partial charge in [0.1, 0.15) is 5.41 Å². The minimum Gasteiger partial charge on any atom is -0.395 e. The average Bonchev–Trinajstić information content (AvgIpc) is 1.87. The molecule has 0 spiro atoms. The second-order valence-corrected chi connectivity index (χ2v) is 3.55. The maximum Gasteiger partial charge on any atom is 0.106 e. The molecule has 3 heteroatoms. The number of hydrogen-bond donors (Lipinski definition) is 1. The standard InChI is InChI=1S/C8H14N2O/c1-7(2)10-4-8(3-9,5-10)6-11/h7,11H,4-6H2,1-2H3. The second kappa shape index (κ2) is 2.80. The van der Waals surface area contributed by atoms with Crippen molar-refractivity contribution < 1.29 is 5.11 Å². The molecule has 3 nitrogen and oxygen atoms in total. The van der Waals surface area contributed by atoms with Crippen molar-refractivity contribution in [3.8, 4) is 6.07 Å². The highest BCUT2D eigenvalue weighted by Crippen LogP contribution is 2.30. The van der Waals surface area contributed by atoms with Crippen LogP contribution >= 0.6 is 0 Å². The first kappa shape index (κ1) is 8.51. The number of nitriles is 1. The predicted octanol–water partition coefficient (Wildman–Crippen LogP) is 0.213. The molecule has 1 fully saturated rings. The summed E-state index contributed by atoms with van der Waals surface area (Å²) in [6.45, 7) is 5.62. The molecule has 1 N–H and O–H groups in total. The molecule has 1 saturated heterocycles. The number of hydrogen-bond acceptors (Lipinski definition) is 3. The third kappa shape index (κ3) is 1.37. The number of nitrogens with zero attached hydrogens (tertiary/aromatic N) is 2. The molecule has 0 atom stereocenters. The largest absolute Gasteiger partial charge is 0.395 e. The smallest absolute Gasteiger partial charge is 0.106 e. The van der Waals surface area contributed by atoms with Crippen molar-refractivity contribution in [2.24, 2.45) is 5.41 Å². The number of aliphatic hydroxyl groups excluding tert-OH is 1. The highest BCUT2D eigenvalue weighted by Gasteiger charge is 2.43. The Balaban J connectivity index is 2.44. The van der Waals surface area contributed by atoms with E-state index < -0.39 is 5.41 Å². The molecular weight excluding hydrogens is 140 g/mol. The van der Waals surface area contributed by atoms with Gasteiger partial charge in [0, 0.05) is 19.1 Å². The number of rotatable bonds is 2. The first-order valence-electron chi connectivity index (χ1n) is 3.90. The first-order valence-corrected chi connectivity index (χ1v) is 3.90. The highest BCUT2D eigenvalue weighted by atomic mass is 16.3. The minimum absolute atomic E-state index is 0.00722. The molecule has 0 bridgehead atoms. The summed E-state index contributed by atoms with van der Waals surface area (Å²) in [6, 6.07) is 2.65. The Morgan fingerprint density at radius 3 is 2.45 bits per heavy atom. The van der Waals surface area contributed by atoms with Crippen LogP contribution in [0.3, 0.4) is 0 Å². The Hall–Kier alpha value is -0.590. The molecule has 1 aliphatic heterocycles. The lowest BCUT2D eigenvalue weighted by Crippen LogP contribution is -2.59. The molecule has 1 heterocycles. The molecule has 1 rings (SSSR count). The predicted molar refractivity (Wildman–Crippen MR) is 41.8 cm³/mol. The summed E-state index contributed by atoms with van der Waals surface area (Å²) in [7, 11) is 0. The molecule has 0 aromatic rings. The van der Waals surface area contributed by atoms with Crippen LogP contribution in [-0.2, 0) is 0 Å². The monoisotopic (exact) mass is 154 g/mol. The lowest BCUT2D eigenvalue weighted by atomic mass is 9.81. The quantitative estimate of drug-likeness (QED) is 0.618. The molecule has 0 amide bonds. The highest BCUT2D eigenvalue weighted by molar-refractivity contribution is 5.09. The second-order valence-electron chi connectivity index (χ2n) is 3.55. The maximum atomic E-state index is 8.89. The third-order valence-corrected chi connectivity index (χ3v) is 2.28. The molecule has 0 aliphatic carbocycles. The normalized spacial score (nSPS) is 22.8. The summed E-state index contributed by atoms with van der Waals surface area (Å²) < 4.78 is 0. The lowest BCUT2D eigenvalue weighted by Gasteiger charge is -2.46. The molecule has 0 saturated carbocycles. The van der Waals surface area contributed by atoms with Crippen molar-refractivity contribution in [3.05, 3.63) is 0 Å². The van der Waals surface area contributed by atoms with Crippen LogP contribution in [0.15, 0.2) is 0 Å². The lowest BCUT2D eigenvalue weighted by molar-refractivity contribution is -0.0180. The molecular formula is C8H14N2O. The number of likely N-dealkylation sites (tertiary alicyclic amines) is 1. The van der Waals surface area contributed by atoms with Crippen molar-refractivity contribution in [1.29, 1.82) is 5.26 Å². The summed E-state index contributed by atoms with van der Waals surface area (Å²) in [5.41, 5.74) is -0.454. The van der Waals surface area contributed by atoms with Crippen LogP contribution < -0.4 is 0 Å². The Morgan fingerprint density at radius 1 is 1.64 bits per heavy atom. The van der Waals surface area contributed by atoms with Crippen LogP contribution in [0.25, 0.3) is 0 Å². The van der Waals surface area contributed by atoms with Crippen molar-refractivity contribution in [1.82, 2.24) is 4.90 Å². The van der Waals surface area contributed by atoms with Gasteiger partial charge in [-0.2, -0.15) is 5.26 Å². The summed E-state index contributed by atoms with van der Waals surface area (Å²) in [5, 5.41) is 17.6. The summed E-state index contributed by atoms with van der Waals surface area (Å²) in [4.78, 5) is 2.18. The molecule has 1 aliphatic rings. The SMILES string of the molecule is CC(C)N1CC(C#N)(CO)C1. The van der Waals surface area contributed by atoms with Gasteiger partial charge in [0.2, 0.25) is 0 Å². The Labute approximate surface area is 67.2 Å². The van der Waals surface area contributed by atoms with Crippen LogP contribution in [0.5, 0.6) is 0 Å². The molecule has 0 aromatic carbocycles. The van der Waals surface area contributed by atoms with E-state index in [1.54, 1.807) is 0 Å². The van der Waals surface area contributed by atoms with E-state index in [1.165, 1.54) is 0 Å². The Morgan fingerprint density at radius 2 is 2.18 bits per heavy atom. The Kier molecular flexibility index (Phi) is 2.17.